The summed E-state index contributed by atoms with van der Waals surface area (Å²) in [5.41, 5.74) is 6.00. The molecule has 0 saturated carbocycles. The molecule has 0 bridgehead atoms. The third-order valence-corrected chi connectivity index (χ3v) is 3.72. The number of hydrogen-bond donors (Lipinski definition) is 3. The number of imidazole rings is 1. The van der Waals surface area contributed by atoms with Gasteiger partial charge in [-0.1, -0.05) is 0 Å². The number of nitrogens with zero attached hydrogens (tertiary/aromatic N) is 1. The van der Waals surface area contributed by atoms with E-state index in [1.54, 1.807) is 0 Å². The van der Waals surface area contributed by atoms with Crippen molar-refractivity contribution in [2.45, 2.75) is 18.6 Å². The summed E-state index contributed by atoms with van der Waals surface area (Å²) in [6.45, 7) is 0.473. The van der Waals surface area contributed by atoms with Crippen molar-refractivity contribution in [2.24, 2.45) is 5.73 Å². The Bertz CT molecular complexity index is 763. The number of aromatic nitrogens is 2. The first kappa shape index (κ1) is 16.3. The first-order valence-corrected chi connectivity index (χ1v) is 7.46. The van der Waals surface area contributed by atoms with Crippen molar-refractivity contribution in [3.63, 3.8) is 0 Å². The molecule has 24 heavy (non-hydrogen) atoms. The van der Waals surface area contributed by atoms with Crippen molar-refractivity contribution in [3.05, 3.63) is 29.8 Å². The standard InChI is InChI=1S/C15H17FN4O4/c16-8-1-2-9-11(5-8)19-14(18-9)15(22)20-10-3-4-23-6-12(10)24-7-13(17)21/h1-2,5,10,12H,3-4,6-7H2,(H2,17,21)(H,18,19)(H,20,22)/t10-,12-/m1/s1. The van der Waals surface area contributed by atoms with Gasteiger partial charge < -0.3 is 25.5 Å². The fourth-order valence-corrected chi connectivity index (χ4v) is 2.56. The van der Waals surface area contributed by atoms with E-state index in [0.717, 1.165) is 0 Å². The molecule has 1 aliphatic heterocycles. The third-order valence-electron chi connectivity index (χ3n) is 3.72. The molecule has 1 aliphatic rings. The van der Waals surface area contributed by atoms with Crippen LogP contribution < -0.4 is 11.1 Å². The lowest BCUT2D eigenvalue weighted by molar-refractivity contribution is -0.129. The van der Waals surface area contributed by atoms with E-state index in [2.05, 4.69) is 15.3 Å². The monoisotopic (exact) mass is 336 g/mol. The zero-order chi connectivity index (χ0) is 17.1. The predicted octanol–water partition coefficient (Wildman–Crippen LogP) is 0.0912. The van der Waals surface area contributed by atoms with Crippen LogP contribution in [0.15, 0.2) is 18.2 Å². The first-order valence-electron chi connectivity index (χ1n) is 7.46. The fourth-order valence-electron chi connectivity index (χ4n) is 2.56. The van der Waals surface area contributed by atoms with Gasteiger partial charge in [-0.2, -0.15) is 0 Å². The molecule has 8 nitrogen and oxygen atoms in total. The number of carbonyl (C=O) groups is 2. The minimum Gasteiger partial charge on any atom is -0.379 e. The Morgan fingerprint density at radius 2 is 2.33 bits per heavy atom. The van der Waals surface area contributed by atoms with Gasteiger partial charge in [0, 0.05) is 6.61 Å². The van der Waals surface area contributed by atoms with E-state index >= 15 is 0 Å². The molecule has 1 aromatic heterocycles. The molecule has 9 heteroatoms. The normalized spacial score (nSPS) is 20.9. The summed E-state index contributed by atoms with van der Waals surface area (Å²) < 4.78 is 23.9. The van der Waals surface area contributed by atoms with E-state index in [1.807, 2.05) is 0 Å². The third kappa shape index (κ3) is 3.69. The van der Waals surface area contributed by atoms with Crippen LogP contribution in [0.25, 0.3) is 11.0 Å². The molecule has 128 valence electrons. The molecule has 1 saturated heterocycles. The Balaban J connectivity index is 1.70. The zero-order valence-corrected chi connectivity index (χ0v) is 12.8. The number of amides is 2. The van der Waals surface area contributed by atoms with Crippen molar-refractivity contribution in [2.75, 3.05) is 19.8 Å². The molecule has 1 aromatic carbocycles. The van der Waals surface area contributed by atoms with E-state index < -0.39 is 23.7 Å². The molecule has 2 amide bonds. The molecule has 0 spiro atoms. The Kier molecular flexibility index (Phi) is 4.72. The van der Waals surface area contributed by atoms with Crippen molar-refractivity contribution in [1.82, 2.24) is 15.3 Å². The summed E-state index contributed by atoms with van der Waals surface area (Å²) in [6, 6.07) is 3.70. The van der Waals surface area contributed by atoms with E-state index in [0.29, 0.717) is 24.1 Å². The molecular formula is C15H17FN4O4. The molecule has 4 N–H and O–H groups in total. The second-order valence-electron chi connectivity index (χ2n) is 5.51. The van der Waals surface area contributed by atoms with Gasteiger partial charge in [-0.05, 0) is 24.6 Å². The maximum absolute atomic E-state index is 13.2. The lowest BCUT2D eigenvalue weighted by atomic mass is 10.1. The highest BCUT2D eigenvalue weighted by Crippen LogP contribution is 2.15. The van der Waals surface area contributed by atoms with Gasteiger partial charge >= 0.3 is 0 Å². The maximum Gasteiger partial charge on any atom is 0.287 e. The lowest BCUT2D eigenvalue weighted by Gasteiger charge is -2.31. The van der Waals surface area contributed by atoms with Crippen LogP contribution >= 0.6 is 0 Å². The Hall–Kier alpha value is -2.52. The molecule has 2 aromatic rings. The quantitative estimate of drug-likeness (QED) is 0.715. The van der Waals surface area contributed by atoms with Gasteiger partial charge in [-0.15, -0.1) is 0 Å². The van der Waals surface area contributed by atoms with Crippen molar-refractivity contribution in [1.29, 1.82) is 0 Å². The number of fused-ring (bicyclic) bond motifs is 1. The Morgan fingerprint density at radius 3 is 3.12 bits per heavy atom. The lowest BCUT2D eigenvalue weighted by Crippen LogP contribution is -2.50. The second kappa shape index (κ2) is 6.93. The van der Waals surface area contributed by atoms with Crippen molar-refractivity contribution >= 4 is 22.8 Å². The Morgan fingerprint density at radius 1 is 1.50 bits per heavy atom. The number of carbonyl (C=O) groups excluding carboxylic acids is 2. The molecule has 2 heterocycles. The zero-order valence-electron chi connectivity index (χ0n) is 12.8. The van der Waals surface area contributed by atoms with E-state index in [-0.39, 0.29) is 25.1 Å². The molecule has 1 fully saturated rings. The maximum atomic E-state index is 13.2. The number of H-pyrrole nitrogens is 1. The number of primary amides is 1. The minimum atomic E-state index is -0.593. The molecule has 0 aliphatic carbocycles. The number of nitrogens with two attached hydrogens (primary N) is 1. The SMILES string of the molecule is NC(=O)CO[C@@H]1COCC[C@H]1NC(=O)c1nc2ccc(F)cc2[nH]1. The van der Waals surface area contributed by atoms with Gasteiger partial charge in [0.15, 0.2) is 5.82 Å². The fraction of sp³-hybridized carbons (Fsp3) is 0.400. The van der Waals surface area contributed by atoms with Gasteiger partial charge in [0.1, 0.15) is 18.5 Å². The van der Waals surface area contributed by atoms with Gasteiger partial charge in [0.05, 0.1) is 23.7 Å². The number of hydrogen-bond acceptors (Lipinski definition) is 5. The number of aromatic amines is 1. The number of rotatable bonds is 5. The number of ether oxygens (including phenoxy) is 2. The van der Waals surface area contributed by atoms with Crippen molar-refractivity contribution < 1.29 is 23.5 Å². The van der Waals surface area contributed by atoms with E-state index in [9.17, 15) is 14.0 Å². The van der Waals surface area contributed by atoms with Crippen LogP contribution in [0.5, 0.6) is 0 Å². The topological polar surface area (TPSA) is 119 Å². The highest BCUT2D eigenvalue weighted by atomic mass is 19.1. The summed E-state index contributed by atoms with van der Waals surface area (Å²) in [4.78, 5) is 30.1. The van der Waals surface area contributed by atoms with Crippen LogP contribution in [0.3, 0.4) is 0 Å². The van der Waals surface area contributed by atoms with E-state index in [4.69, 9.17) is 15.2 Å². The predicted molar refractivity (Wildman–Crippen MR) is 81.7 cm³/mol. The number of nitrogens with one attached hydrogen (secondary N) is 2. The van der Waals surface area contributed by atoms with Gasteiger partial charge in [0.2, 0.25) is 5.91 Å². The highest BCUT2D eigenvalue weighted by molar-refractivity contribution is 5.94. The summed E-state index contributed by atoms with van der Waals surface area (Å²) in [5.74, 6) is -1.37. The summed E-state index contributed by atoms with van der Waals surface area (Å²) >= 11 is 0. The summed E-state index contributed by atoms with van der Waals surface area (Å²) in [7, 11) is 0. The largest absolute Gasteiger partial charge is 0.379 e. The van der Waals surface area contributed by atoms with Crippen LogP contribution in [0.1, 0.15) is 17.0 Å². The van der Waals surface area contributed by atoms with Crippen LogP contribution in [-0.4, -0.2) is 53.7 Å². The average Bonchev–Trinajstić information content (AvgIpc) is 2.97. The summed E-state index contributed by atoms with van der Waals surface area (Å²) in [5, 5.41) is 2.80. The van der Waals surface area contributed by atoms with Gasteiger partial charge in [0.25, 0.3) is 5.91 Å². The Labute approximate surface area is 136 Å². The van der Waals surface area contributed by atoms with Crippen molar-refractivity contribution in [3.8, 4) is 0 Å². The molecule has 0 unspecified atom stereocenters. The minimum absolute atomic E-state index is 0.0794. The van der Waals surface area contributed by atoms with Gasteiger partial charge in [-0.3, -0.25) is 9.59 Å². The molecular weight excluding hydrogens is 319 g/mol. The number of halogens is 1. The smallest absolute Gasteiger partial charge is 0.287 e. The summed E-state index contributed by atoms with van der Waals surface area (Å²) in [6.07, 6.45) is 0.0568. The molecule has 0 radical (unpaired) electrons. The first-order chi connectivity index (χ1) is 11.5. The number of benzene rings is 1. The van der Waals surface area contributed by atoms with Crippen LogP contribution in [-0.2, 0) is 14.3 Å². The molecule has 3 rings (SSSR count). The van der Waals surface area contributed by atoms with E-state index in [1.165, 1.54) is 18.2 Å². The van der Waals surface area contributed by atoms with Crippen LogP contribution in [0.4, 0.5) is 4.39 Å². The second-order valence-corrected chi connectivity index (χ2v) is 5.51. The van der Waals surface area contributed by atoms with Crippen LogP contribution in [0.2, 0.25) is 0 Å². The average molecular weight is 336 g/mol. The van der Waals surface area contributed by atoms with Crippen LogP contribution in [0, 0.1) is 5.82 Å². The highest BCUT2D eigenvalue weighted by Gasteiger charge is 2.29. The van der Waals surface area contributed by atoms with Gasteiger partial charge in [-0.25, -0.2) is 9.37 Å². The molecule has 2 atom stereocenters.